The molecule has 0 radical (unpaired) electrons. The van der Waals surface area contributed by atoms with E-state index in [1.165, 1.54) is 4.88 Å². The molecule has 1 aromatic heterocycles. The number of methoxy groups -OCH3 is 1. The molecule has 0 aliphatic heterocycles. The monoisotopic (exact) mass is 304 g/mol. The Hall–Kier alpha value is -1.81. The van der Waals surface area contributed by atoms with Gasteiger partial charge < -0.3 is 9.84 Å². The van der Waals surface area contributed by atoms with Crippen molar-refractivity contribution >= 4 is 17.3 Å². The molecule has 112 valence electrons. The minimum atomic E-state index is -0.739. The SMILES string of the molecule is CCc1ccc(CC(Cc2ccc(OC)cc2)C(=O)O)s1. The second-order valence-corrected chi connectivity index (χ2v) is 6.27. The maximum atomic E-state index is 11.5. The van der Waals surface area contributed by atoms with Gasteiger partial charge in [0.05, 0.1) is 13.0 Å². The van der Waals surface area contributed by atoms with Crippen molar-refractivity contribution in [3.05, 3.63) is 51.7 Å². The van der Waals surface area contributed by atoms with Gasteiger partial charge in [-0.1, -0.05) is 19.1 Å². The van der Waals surface area contributed by atoms with Crippen molar-refractivity contribution < 1.29 is 14.6 Å². The number of carboxylic acid groups (broad SMARTS) is 1. The lowest BCUT2D eigenvalue weighted by Gasteiger charge is -2.11. The Labute approximate surface area is 129 Å². The number of hydrogen-bond acceptors (Lipinski definition) is 3. The summed E-state index contributed by atoms with van der Waals surface area (Å²) in [5, 5.41) is 9.44. The Morgan fingerprint density at radius 2 is 1.81 bits per heavy atom. The number of carboxylic acids is 1. The summed E-state index contributed by atoms with van der Waals surface area (Å²) in [4.78, 5) is 13.9. The van der Waals surface area contributed by atoms with Crippen LogP contribution in [0.15, 0.2) is 36.4 Å². The first-order chi connectivity index (χ1) is 10.1. The highest BCUT2D eigenvalue weighted by Gasteiger charge is 2.19. The first kappa shape index (κ1) is 15.6. The predicted molar refractivity (Wildman–Crippen MR) is 85.2 cm³/mol. The van der Waals surface area contributed by atoms with Gasteiger partial charge in [-0.05, 0) is 49.1 Å². The lowest BCUT2D eigenvalue weighted by Crippen LogP contribution is -2.18. The van der Waals surface area contributed by atoms with Crippen molar-refractivity contribution in [2.75, 3.05) is 7.11 Å². The highest BCUT2D eigenvalue weighted by Crippen LogP contribution is 2.23. The normalized spacial score (nSPS) is 12.1. The molecule has 0 aliphatic carbocycles. The quantitative estimate of drug-likeness (QED) is 0.846. The maximum Gasteiger partial charge on any atom is 0.307 e. The van der Waals surface area contributed by atoms with E-state index >= 15 is 0 Å². The van der Waals surface area contributed by atoms with Gasteiger partial charge >= 0.3 is 5.97 Å². The van der Waals surface area contributed by atoms with E-state index in [2.05, 4.69) is 13.0 Å². The molecule has 1 aromatic carbocycles. The van der Waals surface area contributed by atoms with Crippen molar-refractivity contribution in [3.8, 4) is 5.75 Å². The summed E-state index contributed by atoms with van der Waals surface area (Å²) < 4.78 is 5.12. The molecule has 1 heterocycles. The molecule has 0 spiro atoms. The lowest BCUT2D eigenvalue weighted by molar-refractivity contribution is -0.141. The maximum absolute atomic E-state index is 11.5. The molecule has 0 fully saturated rings. The number of benzene rings is 1. The van der Waals surface area contributed by atoms with Gasteiger partial charge in [-0.3, -0.25) is 4.79 Å². The van der Waals surface area contributed by atoms with Crippen molar-refractivity contribution in [1.29, 1.82) is 0 Å². The number of rotatable bonds is 7. The van der Waals surface area contributed by atoms with Crippen LogP contribution in [0.3, 0.4) is 0 Å². The highest BCUT2D eigenvalue weighted by atomic mass is 32.1. The zero-order chi connectivity index (χ0) is 15.2. The van der Waals surface area contributed by atoms with E-state index in [9.17, 15) is 9.90 Å². The summed E-state index contributed by atoms with van der Waals surface area (Å²) in [5.74, 6) is -0.338. The number of aryl methyl sites for hydroxylation is 1. The second-order valence-electron chi connectivity index (χ2n) is 5.01. The van der Waals surface area contributed by atoms with Crippen LogP contribution in [0.4, 0.5) is 0 Å². The van der Waals surface area contributed by atoms with Crippen LogP contribution in [-0.4, -0.2) is 18.2 Å². The summed E-state index contributed by atoms with van der Waals surface area (Å²) in [5.41, 5.74) is 1.02. The minimum absolute atomic E-state index is 0.387. The first-order valence-corrected chi connectivity index (χ1v) is 7.87. The van der Waals surface area contributed by atoms with Gasteiger partial charge in [-0.15, -0.1) is 11.3 Å². The summed E-state index contributed by atoms with van der Waals surface area (Å²) in [7, 11) is 1.62. The predicted octanol–water partition coefficient (Wildman–Crippen LogP) is 3.81. The number of hydrogen-bond donors (Lipinski definition) is 1. The van der Waals surface area contributed by atoms with E-state index in [-0.39, 0.29) is 5.92 Å². The molecule has 4 heteroatoms. The Morgan fingerprint density at radius 3 is 2.33 bits per heavy atom. The fraction of sp³-hybridized carbons (Fsp3) is 0.353. The molecule has 2 aromatic rings. The topological polar surface area (TPSA) is 46.5 Å². The van der Waals surface area contributed by atoms with E-state index in [1.807, 2.05) is 30.3 Å². The summed E-state index contributed by atoms with van der Waals surface area (Å²) in [6.45, 7) is 2.11. The van der Waals surface area contributed by atoms with Gasteiger partial charge in [0.2, 0.25) is 0 Å². The van der Waals surface area contributed by atoms with Crippen molar-refractivity contribution in [2.24, 2.45) is 5.92 Å². The highest BCUT2D eigenvalue weighted by molar-refractivity contribution is 7.12. The van der Waals surface area contributed by atoms with Gasteiger partial charge in [0.1, 0.15) is 5.75 Å². The smallest absolute Gasteiger partial charge is 0.307 e. The van der Waals surface area contributed by atoms with Gasteiger partial charge in [0, 0.05) is 9.75 Å². The molecule has 0 saturated heterocycles. The molecule has 0 saturated carbocycles. The molecule has 3 nitrogen and oxygen atoms in total. The van der Waals surface area contributed by atoms with E-state index in [1.54, 1.807) is 18.4 Å². The van der Waals surface area contributed by atoms with Crippen LogP contribution >= 0.6 is 11.3 Å². The number of thiophene rings is 1. The molecule has 0 bridgehead atoms. The second kappa shape index (κ2) is 7.27. The summed E-state index contributed by atoms with van der Waals surface area (Å²) in [6.07, 6.45) is 2.13. The molecule has 1 N–H and O–H groups in total. The van der Waals surface area contributed by atoms with E-state index < -0.39 is 5.97 Å². The molecule has 21 heavy (non-hydrogen) atoms. The zero-order valence-electron chi connectivity index (χ0n) is 12.3. The average molecular weight is 304 g/mol. The van der Waals surface area contributed by atoms with Crippen LogP contribution in [0.5, 0.6) is 5.75 Å². The third-order valence-corrected chi connectivity index (χ3v) is 4.76. The van der Waals surface area contributed by atoms with Crippen LogP contribution in [0.25, 0.3) is 0 Å². The molecule has 1 atom stereocenters. The third kappa shape index (κ3) is 4.33. The Kier molecular flexibility index (Phi) is 5.39. The fourth-order valence-electron chi connectivity index (χ4n) is 2.26. The van der Waals surface area contributed by atoms with E-state index in [0.29, 0.717) is 12.8 Å². The van der Waals surface area contributed by atoms with E-state index in [4.69, 9.17) is 4.74 Å². The summed E-state index contributed by atoms with van der Waals surface area (Å²) in [6, 6.07) is 11.7. The summed E-state index contributed by atoms with van der Waals surface area (Å²) >= 11 is 1.71. The molecular formula is C17H20O3S. The number of carbonyl (C=O) groups is 1. The number of ether oxygens (including phenoxy) is 1. The minimum Gasteiger partial charge on any atom is -0.497 e. The van der Waals surface area contributed by atoms with Crippen molar-refractivity contribution in [2.45, 2.75) is 26.2 Å². The van der Waals surface area contributed by atoms with Crippen molar-refractivity contribution in [1.82, 2.24) is 0 Å². The number of aliphatic carboxylic acids is 1. The van der Waals surface area contributed by atoms with Crippen LogP contribution in [0, 0.1) is 5.92 Å². The molecular weight excluding hydrogens is 284 g/mol. The molecule has 2 rings (SSSR count). The largest absolute Gasteiger partial charge is 0.497 e. The van der Waals surface area contributed by atoms with Crippen LogP contribution in [-0.2, 0) is 24.1 Å². The Balaban J connectivity index is 2.05. The average Bonchev–Trinajstić information content (AvgIpc) is 2.95. The van der Waals surface area contributed by atoms with E-state index in [0.717, 1.165) is 22.6 Å². The first-order valence-electron chi connectivity index (χ1n) is 7.05. The van der Waals surface area contributed by atoms with Crippen molar-refractivity contribution in [3.63, 3.8) is 0 Å². The zero-order valence-corrected chi connectivity index (χ0v) is 13.2. The fourth-order valence-corrected chi connectivity index (χ4v) is 3.30. The lowest BCUT2D eigenvalue weighted by atomic mass is 9.95. The van der Waals surface area contributed by atoms with Crippen LogP contribution < -0.4 is 4.74 Å². The Morgan fingerprint density at radius 1 is 1.14 bits per heavy atom. The molecule has 0 amide bonds. The van der Waals surface area contributed by atoms with Gasteiger partial charge in [0.25, 0.3) is 0 Å². The van der Waals surface area contributed by atoms with Gasteiger partial charge in [0.15, 0.2) is 0 Å². The standard InChI is InChI=1S/C17H20O3S/c1-3-15-8-9-16(21-15)11-13(17(18)19)10-12-4-6-14(20-2)7-5-12/h4-9,13H,3,10-11H2,1-2H3,(H,18,19). The van der Waals surface area contributed by atoms with Gasteiger partial charge in [-0.2, -0.15) is 0 Å². The Bertz CT molecular complexity index is 586. The van der Waals surface area contributed by atoms with Gasteiger partial charge in [-0.25, -0.2) is 0 Å². The van der Waals surface area contributed by atoms with Crippen LogP contribution in [0.1, 0.15) is 22.2 Å². The third-order valence-electron chi connectivity index (χ3n) is 3.50. The molecule has 1 unspecified atom stereocenters. The van der Waals surface area contributed by atoms with Crippen LogP contribution in [0.2, 0.25) is 0 Å². The molecule has 0 aliphatic rings.